The number of rotatable bonds is 6. The predicted molar refractivity (Wildman–Crippen MR) is 124 cm³/mol. The van der Waals surface area contributed by atoms with Crippen LogP contribution in [-0.4, -0.2) is 30.5 Å². The lowest BCUT2D eigenvalue weighted by molar-refractivity contribution is 0.0946. The maximum atomic E-state index is 12.8. The number of hydrogen-bond donors (Lipinski definition) is 1. The molecule has 0 saturated heterocycles. The van der Waals surface area contributed by atoms with Gasteiger partial charge >= 0.3 is 0 Å². The van der Waals surface area contributed by atoms with E-state index in [1.807, 2.05) is 50.6 Å². The summed E-state index contributed by atoms with van der Waals surface area (Å²) in [5.74, 6) is 0.222. The minimum Gasteiger partial charge on any atom is -0.347 e. The molecule has 0 aliphatic carbocycles. The quantitative estimate of drug-likeness (QED) is 0.476. The van der Waals surface area contributed by atoms with Gasteiger partial charge in [0, 0.05) is 17.9 Å². The summed E-state index contributed by atoms with van der Waals surface area (Å²) in [6, 6.07) is 15.5. The van der Waals surface area contributed by atoms with Crippen molar-refractivity contribution in [2.45, 2.75) is 40.8 Å². The fraction of sp³-hybridized carbons (Fsp3) is 0.250. The number of nitrogens with zero attached hydrogens (tertiary/aromatic N) is 5. The van der Waals surface area contributed by atoms with Crippen molar-refractivity contribution in [2.24, 2.45) is 0 Å². The van der Waals surface area contributed by atoms with Gasteiger partial charge in [0.05, 0.1) is 23.0 Å². The van der Waals surface area contributed by atoms with E-state index in [0.717, 1.165) is 33.9 Å². The van der Waals surface area contributed by atoms with Crippen LogP contribution in [0.5, 0.6) is 0 Å². The number of carbonyl (C=O) groups excluding carboxylic acids is 1. The summed E-state index contributed by atoms with van der Waals surface area (Å²) in [6.07, 6.45) is 0. The third-order valence-electron chi connectivity index (χ3n) is 5.15. The lowest BCUT2D eigenvalue weighted by Crippen LogP contribution is -2.25. The minimum atomic E-state index is -0.331. The third-order valence-corrected chi connectivity index (χ3v) is 5.46. The number of carbonyl (C=O) groups is 1. The Balaban J connectivity index is 1.48. The van der Waals surface area contributed by atoms with Gasteiger partial charge in [-0.3, -0.25) is 9.48 Å². The fourth-order valence-electron chi connectivity index (χ4n) is 3.68. The van der Waals surface area contributed by atoms with Gasteiger partial charge in [-0.15, -0.1) is 0 Å². The van der Waals surface area contributed by atoms with E-state index in [9.17, 15) is 4.79 Å². The monoisotopic (exact) mass is 448 g/mol. The first-order valence-electron chi connectivity index (χ1n) is 10.4. The molecule has 1 aromatic carbocycles. The zero-order valence-electron chi connectivity index (χ0n) is 18.6. The molecule has 8 heteroatoms. The van der Waals surface area contributed by atoms with Gasteiger partial charge in [-0.1, -0.05) is 35.9 Å². The van der Waals surface area contributed by atoms with Crippen LogP contribution in [0.3, 0.4) is 0 Å². The second-order valence-corrected chi connectivity index (χ2v) is 8.33. The maximum Gasteiger partial charge on any atom is 0.271 e. The van der Waals surface area contributed by atoms with E-state index >= 15 is 0 Å². The summed E-state index contributed by atoms with van der Waals surface area (Å²) >= 11 is 6.27. The number of nitrogens with one attached hydrogen (secondary N) is 1. The number of aromatic nitrogens is 5. The van der Waals surface area contributed by atoms with Crippen LogP contribution in [0.15, 0.2) is 48.5 Å². The van der Waals surface area contributed by atoms with Crippen molar-refractivity contribution in [1.29, 1.82) is 0 Å². The van der Waals surface area contributed by atoms with Crippen LogP contribution in [0.4, 0.5) is 0 Å². The van der Waals surface area contributed by atoms with Crippen molar-refractivity contribution in [1.82, 2.24) is 29.9 Å². The van der Waals surface area contributed by atoms with Gasteiger partial charge in [-0.2, -0.15) is 10.2 Å². The van der Waals surface area contributed by atoms with Crippen LogP contribution >= 0.6 is 11.6 Å². The van der Waals surface area contributed by atoms with Crippen LogP contribution in [0.2, 0.25) is 5.02 Å². The smallest absolute Gasteiger partial charge is 0.271 e. The summed E-state index contributed by atoms with van der Waals surface area (Å²) in [5.41, 5.74) is 6.21. The molecule has 0 bridgehead atoms. The Morgan fingerprint density at radius 1 is 0.938 bits per heavy atom. The molecular formula is C24H25ClN6O. The standard InChI is InChI=1S/C24H25ClN6O/c1-15-10-17(3)30(28-15)14-20-7-5-6-19(12-20)13-26-24(32)23-21(25)8-9-22(27-23)31-18(4)11-16(2)29-31/h5-12H,13-14H2,1-4H3,(H,26,32). The average Bonchev–Trinajstić information content (AvgIpc) is 3.26. The summed E-state index contributed by atoms with van der Waals surface area (Å²) in [6.45, 7) is 8.93. The van der Waals surface area contributed by atoms with Gasteiger partial charge in [0.25, 0.3) is 5.91 Å². The predicted octanol–water partition coefficient (Wildman–Crippen LogP) is 4.33. The molecule has 1 N–H and O–H groups in total. The number of halogens is 1. The van der Waals surface area contributed by atoms with E-state index in [1.165, 1.54) is 0 Å². The van der Waals surface area contributed by atoms with Crippen LogP contribution in [-0.2, 0) is 13.1 Å². The van der Waals surface area contributed by atoms with Crippen molar-refractivity contribution in [2.75, 3.05) is 0 Å². The van der Waals surface area contributed by atoms with E-state index in [1.54, 1.807) is 16.8 Å². The van der Waals surface area contributed by atoms with Gasteiger partial charge in [0.1, 0.15) is 5.69 Å². The average molecular weight is 449 g/mol. The number of pyridine rings is 1. The summed E-state index contributed by atoms with van der Waals surface area (Å²) in [4.78, 5) is 17.3. The van der Waals surface area contributed by atoms with E-state index in [-0.39, 0.29) is 11.6 Å². The minimum absolute atomic E-state index is 0.176. The van der Waals surface area contributed by atoms with Crippen molar-refractivity contribution >= 4 is 17.5 Å². The largest absolute Gasteiger partial charge is 0.347 e. The van der Waals surface area contributed by atoms with E-state index in [4.69, 9.17) is 11.6 Å². The van der Waals surface area contributed by atoms with Crippen LogP contribution < -0.4 is 5.32 Å². The zero-order valence-corrected chi connectivity index (χ0v) is 19.3. The van der Waals surface area contributed by atoms with Crippen molar-refractivity contribution in [3.8, 4) is 5.82 Å². The van der Waals surface area contributed by atoms with Crippen LogP contribution in [0, 0.1) is 27.7 Å². The Kier molecular flexibility index (Phi) is 6.10. The molecule has 3 aromatic heterocycles. The maximum absolute atomic E-state index is 12.8. The lowest BCUT2D eigenvalue weighted by atomic mass is 10.1. The molecule has 0 saturated carbocycles. The number of benzene rings is 1. The normalized spacial score (nSPS) is 11.0. The highest BCUT2D eigenvalue weighted by Crippen LogP contribution is 2.18. The summed E-state index contributed by atoms with van der Waals surface area (Å²) in [7, 11) is 0. The molecule has 4 rings (SSSR count). The number of hydrogen-bond acceptors (Lipinski definition) is 4. The van der Waals surface area contributed by atoms with Gasteiger partial charge in [-0.05, 0) is 63.1 Å². The van der Waals surface area contributed by atoms with Gasteiger partial charge in [0.15, 0.2) is 5.82 Å². The van der Waals surface area contributed by atoms with Gasteiger partial charge in [0.2, 0.25) is 0 Å². The van der Waals surface area contributed by atoms with Gasteiger partial charge < -0.3 is 5.32 Å². The molecule has 0 radical (unpaired) electrons. The molecule has 0 aliphatic rings. The van der Waals surface area contributed by atoms with Crippen molar-refractivity contribution in [3.05, 3.63) is 93.2 Å². The second kappa shape index (κ2) is 8.96. The van der Waals surface area contributed by atoms with Crippen molar-refractivity contribution in [3.63, 3.8) is 0 Å². The molecule has 3 heterocycles. The Hall–Kier alpha value is -3.45. The molecule has 0 aliphatic heterocycles. The summed E-state index contributed by atoms with van der Waals surface area (Å²) < 4.78 is 3.67. The second-order valence-electron chi connectivity index (χ2n) is 7.93. The highest BCUT2D eigenvalue weighted by atomic mass is 35.5. The Bertz CT molecular complexity index is 1290. The summed E-state index contributed by atoms with van der Waals surface area (Å²) in [5, 5.41) is 12.2. The third kappa shape index (κ3) is 4.73. The molecule has 4 aromatic rings. The first kappa shape index (κ1) is 21.8. The Labute approximate surface area is 192 Å². The number of aryl methyl sites for hydroxylation is 4. The highest BCUT2D eigenvalue weighted by molar-refractivity contribution is 6.33. The molecule has 32 heavy (non-hydrogen) atoms. The van der Waals surface area contributed by atoms with E-state index < -0.39 is 0 Å². The molecule has 164 valence electrons. The molecule has 7 nitrogen and oxygen atoms in total. The van der Waals surface area contributed by atoms with Crippen LogP contribution in [0.1, 0.15) is 44.4 Å². The van der Waals surface area contributed by atoms with Crippen molar-refractivity contribution < 1.29 is 4.79 Å². The molecule has 1 amide bonds. The van der Waals surface area contributed by atoms with Gasteiger partial charge in [-0.25, -0.2) is 9.67 Å². The Morgan fingerprint density at radius 2 is 1.66 bits per heavy atom. The Morgan fingerprint density at radius 3 is 2.34 bits per heavy atom. The first-order chi connectivity index (χ1) is 15.3. The lowest BCUT2D eigenvalue weighted by Gasteiger charge is -2.10. The first-order valence-corrected chi connectivity index (χ1v) is 10.7. The molecular weight excluding hydrogens is 424 g/mol. The molecule has 0 spiro atoms. The SMILES string of the molecule is Cc1cc(C)n(Cc2cccc(CNC(=O)c3nc(-n4nc(C)cc4C)ccc3Cl)c2)n1. The molecule has 0 atom stereocenters. The topological polar surface area (TPSA) is 77.6 Å². The zero-order chi connectivity index (χ0) is 22.8. The molecule has 0 unspecified atom stereocenters. The molecule has 0 fully saturated rings. The van der Waals surface area contributed by atoms with E-state index in [0.29, 0.717) is 23.9 Å². The van der Waals surface area contributed by atoms with Crippen LogP contribution in [0.25, 0.3) is 5.82 Å². The highest BCUT2D eigenvalue weighted by Gasteiger charge is 2.15. The number of amides is 1. The fourth-order valence-corrected chi connectivity index (χ4v) is 3.87. The van der Waals surface area contributed by atoms with E-state index in [2.05, 4.69) is 38.7 Å².